The van der Waals surface area contributed by atoms with E-state index in [-0.39, 0.29) is 5.91 Å². The van der Waals surface area contributed by atoms with E-state index in [0.717, 1.165) is 35.9 Å². The Hall–Kier alpha value is -2.67. The molecule has 0 bridgehead atoms. The third-order valence-corrected chi connectivity index (χ3v) is 4.38. The van der Waals surface area contributed by atoms with Crippen LogP contribution in [0.3, 0.4) is 0 Å². The highest BCUT2D eigenvalue weighted by Gasteiger charge is 2.15. The third-order valence-electron chi connectivity index (χ3n) is 4.38. The van der Waals surface area contributed by atoms with Gasteiger partial charge in [0, 0.05) is 37.4 Å². The van der Waals surface area contributed by atoms with E-state index in [1.807, 2.05) is 44.2 Å². The summed E-state index contributed by atoms with van der Waals surface area (Å²) in [6, 6.07) is 9.86. The molecule has 3 rings (SSSR count). The monoisotopic (exact) mass is 369 g/mol. The fourth-order valence-electron chi connectivity index (χ4n) is 3.13. The minimum Gasteiger partial charge on any atom is -0.378 e. The number of carbonyl (C=O) groups is 1. The second kappa shape index (κ2) is 9.32. The number of rotatable bonds is 7. The van der Waals surface area contributed by atoms with Gasteiger partial charge in [0.15, 0.2) is 0 Å². The molecular formula is C20H27N5O2. The molecule has 0 saturated carbocycles. The zero-order valence-electron chi connectivity index (χ0n) is 16.0. The van der Waals surface area contributed by atoms with E-state index < -0.39 is 0 Å². The van der Waals surface area contributed by atoms with Crippen LogP contribution in [0.2, 0.25) is 0 Å². The van der Waals surface area contributed by atoms with Gasteiger partial charge in [-0.1, -0.05) is 12.1 Å². The first kappa shape index (κ1) is 19.1. The van der Waals surface area contributed by atoms with Gasteiger partial charge < -0.3 is 20.3 Å². The second-order valence-corrected chi connectivity index (χ2v) is 6.67. The third kappa shape index (κ3) is 5.65. The first-order chi connectivity index (χ1) is 13.1. The molecule has 27 heavy (non-hydrogen) atoms. The summed E-state index contributed by atoms with van der Waals surface area (Å²) in [5, 5.41) is 6.23. The maximum Gasteiger partial charge on any atom is 0.224 e. The first-order valence-corrected chi connectivity index (χ1v) is 9.39. The molecule has 1 saturated heterocycles. The molecule has 0 spiro atoms. The van der Waals surface area contributed by atoms with Gasteiger partial charge in [0.05, 0.1) is 24.6 Å². The second-order valence-electron chi connectivity index (χ2n) is 6.67. The molecule has 1 amide bonds. The predicted molar refractivity (Wildman–Crippen MR) is 107 cm³/mol. The molecule has 7 heteroatoms. The number of nitrogens with one attached hydrogen (secondary N) is 2. The average Bonchev–Trinajstić information content (AvgIpc) is 2.66. The molecule has 2 N–H and O–H groups in total. The highest BCUT2D eigenvalue weighted by Crippen LogP contribution is 2.26. The standard InChI is InChI=1S/C20H27N5O2/c1-15-14-16(2)23-20(22-15)21-9-5-8-19(26)24-17-6-3-4-7-18(17)25-10-12-27-13-11-25/h3-4,6-7,14H,5,8-13H2,1-2H3,(H,24,26)(H,21,22,23). The quantitative estimate of drug-likeness (QED) is 0.731. The Labute approximate surface area is 160 Å². The Morgan fingerprint density at radius 3 is 2.59 bits per heavy atom. The number of morpholine rings is 1. The SMILES string of the molecule is Cc1cc(C)nc(NCCCC(=O)Nc2ccccc2N2CCOCC2)n1. The molecule has 7 nitrogen and oxygen atoms in total. The minimum absolute atomic E-state index is 0.0128. The van der Waals surface area contributed by atoms with Crippen molar-refractivity contribution in [3.05, 3.63) is 41.7 Å². The molecule has 0 atom stereocenters. The fourth-order valence-corrected chi connectivity index (χ4v) is 3.13. The number of para-hydroxylation sites is 2. The van der Waals surface area contributed by atoms with Gasteiger partial charge in [-0.25, -0.2) is 9.97 Å². The zero-order chi connectivity index (χ0) is 19.1. The lowest BCUT2D eigenvalue weighted by atomic mass is 10.2. The summed E-state index contributed by atoms with van der Waals surface area (Å²) in [4.78, 5) is 23.3. The van der Waals surface area contributed by atoms with E-state index in [1.165, 1.54) is 0 Å². The van der Waals surface area contributed by atoms with E-state index in [0.29, 0.717) is 38.5 Å². The number of hydrogen-bond acceptors (Lipinski definition) is 6. The lowest BCUT2D eigenvalue weighted by Gasteiger charge is -2.30. The molecule has 1 aromatic heterocycles. The number of hydrogen-bond donors (Lipinski definition) is 2. The molecule has 1 aliphatic rings. The van der Waals surface area contributed by atoms with Crippen molar-refractivity contribution in [1.82, 2.24) is 9.97 Å². The van der Waals surface area contributed by atoms with Gasteiger partial charge in [-0.15, -0.1) is 0 Å². The summed E-state index contributed by atoms with van der Waals surface area (Å²) in [5.41, 5.74) is 3.77. The van der Waals surface area contributed by atoms with Crippen LogP contribution in [0, 0.1) is 13.8 Å². The van der Waals surface area contributed by atoms with E-state index >= 15 is 0 Å². The van der Waals surface area contributed by atoms with Gasteiger partial charge in [0.25, 0.3) is 0 Å². The number of nitrogens with zero attached hydrogens (tertiary/aromatic N) is 3. The maximum absolute atomic E-state index is 12.4. The molecule has 1 aliphatic heterocycles. The Bertz CT molecular complexity index is 754. The highest BCUT2D eigenvalue weighted by atomic mass is 16.5. The highest BCUT2D eigenvalue weighted by molar-refractivity contribution is 5.94. The van der Waals surface area contributed by atoms with E-state index in [2.05, 4.69) is 25.5 Å². The van der Waals surface area contributed by atoms with Gasteiger partial charge in [0.2, 0.25) is 11.9 Å². The summed E-state index contributed by atoms with van der Waals surface area (Å²) >= 11 is 0. The van der Waals surface area contributed by atoms with Crippen molar-refractivity contribution >= 4 is 23.2 Å². The summed E-state index contributed by atoms with van der Waals surface area (Å²) in [5.74, 6) is 0.629. The van der Waals surface area contributed by atoms with Crippen LogP contribution in [0.5, 0.6) is 0 Å². The minimum atomic E-state index is 0.0128. The Morgan fingerprint density at radius 1 is 1.15 bits per heavy atom. The van der Waals surface area contributed by atoms with Crippen molar-refractivity contribution in [3.8, 4) is 0 Å². The first-order valence-electron chi connectivity index (χ1n) is 9.39. The van der Waals surface area contributed by atoms with Crippen molar-refractivity contribution in [3.63, 3.8) is 0 Å². The van der Waals surface area contributed by atoms with Crippen LogP contribution in [0.4, 0.5) is 17.3 Å². The summed E-state index contributed by atoms with van der Waals surface area (Å²) in [7, 11) is 0. The van der Waals surface area contributed by atoms with Crippen molar-refractivity contribution in [2.24, 2.45) is 0 Å². The Balaban J connectivity index is 1.48. The number of anilines is 3. The topological polar surface area (TPSA) is 79.4 Å². The molecular weight excluding hydrogens is 342 g/mol. The molecule has 144 valence electrons. The number of benzene rings is 1. The van der Waals surface area contributed by atoms with Crippen LogP contribution in [0.25, 0.3) is 0 Å². The maximum atomic E-state index is 12.4. The van der Waals surface area contributed by atoms with Crippen LogP contribution in [0.15, 0.2) is 30.3 Å². The van der Waals surface area contributed by atoms with Gasteiger partial charge in [-0.3, -0.25) is 4.79 Å². The smallest absolute Gasteiger partial charge is 0.224 e. The van der Waals surface area contributed by atoms with Crippen molar-refractivity contribution in [1.29, 1.82) is 0 Å². The molecule has 0 unspecified atom stereocenters. The van der Waals surface area contributed by atoms with Crippen LogP contribution < -0.4 is 15.5 Å². The van der Waals surface area contributed by atoms with E-state index in [1.54, 1.807) is 0 Å². The lowest BCUT2D eigenvalue weighted by Crippen LogP contribution is -2.36. The molecule has 2 aromatic rings. The molecule has 0 radical (unpaired) electrons. The van der Waals surface area contributed by atoms with Crippen molar-refractivity contribution in [2.75, 3.05) is 48.4 Å². The predicted octanol–water partition coefficient (Wildman–Crippen LogP) is 2.76. The normalized spacial score (nSPS) is 14.1. The largest absolute Gasteiger partial charge is 0.378 e. The van der Waals surface area contributed by atoms with Crippen molar-refractivity contribution in [2.45, 2.75) is 26.7 Å². The van der Waals surface area contributed by atoms with Gasteiger partial charge in [-0.05, 0) is 38.5 Å². The summed E-state index contributed by atoms with van der Waals surface area (Å²) < 4.78 is 5.41. The van der Waals surface area contributed by atoms with Gasteiger partial charge in [0.1, 0.15) is 0 Å². The number of ether oxygens (including phenoxy) is 1. The van der Waals surface area contributed by atoms with Crippen molar-refractivity contribution < 1.29 is 9.53 Å². The lowest BCUT2D eigenvalue weighted by molar-refractivity contribution is -0.116. The average molecular weight is 369 g/mol. The summed E-state index contributed by atoms with van der Waals surface area (Å²) in [6.07, 6.45) is 1.15. The Kier molecular flexibility index (Phi) is 6.59. The number of aryl methyl sites for hydroxylation is 2. The summed E-state index contributed by atoms with van der Waals surface area (Å²) in [6.45, 7) is 7.65. The zero-order valence-corrected chi connectivity index (χ0v) is 16.0. The molecule has 2 heterocycles. The van der Waals surface area contributed by atoms with Crippen LogP contribution in [-0.4, -0.2) is 48.7 Å². The number of carbonyl (C=O) groups excluding carboxylic acids is 1. The molecule has 1 fully saturated rings. The van der Waals surface area contributed by atoms with E-state index in [4.69, 9.17) is 4.74 Å². The van der Waals surface area contributed by atoms with Gasteiger partial charge in [-0.2, -0.15) is 0 Å². The van der Waals surface area contributed by atoms with Crippen LogP contribution >= 0.6 is 0 Å². The molecule has 0 aliphatic carbocycles. The number of amides is 1. The Morgan fingerprint density at radius 2 is 1.85 bits per heavy atom. The molecule has 1 aromatic carbocycles. The van der Waals surface area contributed by atoms with Crippen LogP contribution in [-0.2, 0) is 9.53 Å². The van der Waals surface area contributed by atoms with Gasteiger partial charge >= 0.3 is 0 Å². The van der Waals surface area contributed by atoms with E-state index in [9.17, 15) is 4.79 Å². The number of aromatic nitrogens is 2. The van der Waals surface area contributed by atoms with Crippen LogP contribution in [0.1, 0.15) is 24.2 Å². The fraction of sp³-hybridized carbons (Fsp3) is 0.450.